The molecule has 4 nitrogen and oxygen atoms in total. The summed E-state index contributed by atoms with van der Waals surface area (Å²) < 4.78 is 5.34. The highest BCUT2D eigenvalue weighted by molar-refractivity contribution is 6.17. The second-order valence-electron chi connectivity index (χ2n) is 5.32. The summed E-state index contributed by atoms with van der Waals surface area (Å²) in [5.41, 5.74) is 0.968. The van der Waals surface area contributed by atoms with Crippen LogP contribution in [0.1, 0.15) is 43.7 Å². The fourth-order valence-corrected chi connectivity index (χ4v) is 2.88. The van der Waals surface area contributed by atoms with Crippen molar-refractivity contribution < 1.29 is 14.3 Å². The molecule has 1 aromatic carbocycles. The quantitative estimate of drug-likeness (QED) is 0.858. The zero-order valence-corrected chi connectivity index (χ0v) is 12.4. The molecule has 108 valence electrons. The van der Waals surface area contributed by atoms with Gasteiger partial charge in [0.15, 0.2) is 5.78 Å². The smallest absolute Gasteiger partial charge is 0.236 e. The van der Waals surface area contributed by atoms with Gasteiger partial charge in [0, 0.05) is 5.56 Å². The molecule has 1 N–H and O–H groups in total. The number of rotatable bonds is 4. The Balaban J connectivity index is 2.48. The van der Waals surface area contributed by atoms with E-state index in [-0.39, 0.29) is 11.7 Å². The lowest BCUT2D eigenvalue weighted by atomic mass is 9.83. The van der Waals surface area contributed by atoms with Crippen molar-refractivity contribution in [1.82, 2.24) is 5.32 Å². The summed E-state index contributed by atoms with van der Waals surface area (Å²) in [6.45, 7) is 5.80. The topological polar surface area (TPSA) is 55.4 Å². The standard InChI is InChI=1S/C16H21NO3/c1-5-16(6-2)14(18)13(15(19)17-16)11-8-7-10(3)9-12(11)20-4/h7-9,13H,5-6H2,1-4H3,(H,17,19). The van der Waals surface area contributed by atoms with Crippen molar-refractivity contribution in [2.45, 2.75) is 45.1 Å². The SMILES string of the molecule is CCC1(CC)NC(=O)C(c2ccc(C)cc2OC)C1=O. The summed E-state index contributed by atoms with van der Waals surface area (Å²) in [4.78, 5) is 25.0. The number of amides is 1. The Morgan fingerprint density at radius 3 is 2.40 bits per heavy atom. The van der Waals surface area contributed by atoms with Gasteiger partial charge >= 0.3 is 0 Å². The number of methoxy groups -OCH3 is 1. The molecule has 0 spiro atoms. The van der Waals surface area contributed by atoms with E-state index in [1.165, 1.54) is 0 Å². The third kappa shape index (κ3) is 2.09. The van der Waals surface area contributed by atoms with Crippen LogP contribution in [0, 0.1) is 6.92 Å². The number of carbonyl (C=O) groups excluding carboxylic acids is 2. The minimum atomic E-state index is -0.759. The maximum atomic E-state index is 12.7. The van der Waals surface area contributed by atoms with Crippen LogP contribution in [0.25, 0.3) is 0 Å². The number of hydrogen-bond donors (Lipinski definition) is 1. The van der Waals surface area contributed by atoms with Crippen molar-refractivity contribution in [2.75, 3.05) is 7.11 Å². The van der Waals surface area contributed by atoms with Crippen LogP contribution in [0.15, 0.2) is 18.2 Å². The van der Waals surface area contributed by atoms with Gasteiger partial charge in [0.25, 0.3) is 0 Å². The van der Waals surface area contributed by atoms with Crippen LogP contribution in [0.3, 0.4) is 0 Å². The molecule has 0 bridgehead atoms. The van der Waals surface area contributed by atoms with Crippen LogP contribution in [0.4, 0.5) is 0 Å². The molecule has 0 aromatic heterocycles. The van der Waals surface area contributed by atoms with E-state index in [2.05, 4.69) is 5.32 Å². The van der Waals surface area contributed by atoms with Crippen molar-refractivity contribution in [2.24, 2.45) is 0 Å². The van der Waals surface area contributed by atoms with Crippen molar-refractivity contribution in [3.63, 3.8) is 0 Å². The Bertz CT molecular complexity index is 547. The van der Waals surface area contributed by atoms with Gasteiger partial charge in [-0.05, 0) is 31.4 Å². The molecule has 1 atom stereocenters. The molecular formula is C16H21NO3. The van der Waals surface area contributed by atoms with Crippen molar-refractivity contribution in [3.05, 3.63) is 29.3 Å². The largest absolute Gasteiger partial charge is 0.496 e. The molecule has 1 saturated heterocycles. The average molecular weight is 275 g/mol. The molecule has 0 aliphatic carbocycles. The first-order valence-corrected chi connectivity index (χ1v) is 7.00. The summed E-state index contributed by atoms with van der Waals surface area (Å²) in [7, 11) is 1.56. The molecule has 1 fully saturated rings. The number of ether oxygens (including phenoxy) is 1. The number of nitrogens with one attached hydrogen (secondary N) is 1. The minimum Gasteiger partial charge on any atom is -0.496 e. The average Bonchev–Trinajstić information content (AvgIpc) is 2.70. The van der Waals surface area contributed by atoms with E-state index in [0.717, 1.165) is 5.56 Å². The van der Waals surface area contributed by atoms with Gasteiger partial charge in [-0.1, -0.05) is 26.0 Å². The predicted molar refractivity (Wildman–Crippen MR) is 76.9 cm³/mol. The van der Waals surface area contributed by atoms with Crippen LogP contribution in [-0.2, 0) is 9.59 Å². The maximum absolute atomic E-state index is 12.7. The Morgan fingerprint density at radius 1 is 1.25 bits per heavy atom. The Morgan fingerprint density at radius 2 is 1.90 bits per heavy atom. The molecule has 1 aliphatic heterocycles. The molecule has 1 amide bonds. The maximum Gasteiger partial charge on any atom is 0.236 e. The van der Waals surface area contributed by atoms with E-state index in [4.69, 9.17) is 4.74 Å². The lowest BCUT2D eigenvalue weighted by Crippen LogP contribution is -2.45. The monoisotopic (exact) mass is 275 g/mol. The minimum absolute atomic E-state index is 0.0466. The second-order valence-corrected chi connectivity index (χ2v) is 5.32. The van der Waals surface area contributed by atoms with Crippen LogP contribution >= 0.6 is 0 Å². The van der Waals surface area contributed by atoms with Gasteiger partial charge in [-0.3, -0.25) is 9.59 Å². The Kier molecular flexibility index (Phi) is 3.84. The fraction of sp³-hybridized carbons (Fsp3) is 0.500. The molecule has 1 unspecified atom stereocenters. The Hall–Kier alpha value is -1.84. The zero-order chi connectivity index (χ0) is 14.9. The molecule has 1 heterocycles. The second kappa shape index (κ2) is 5.27. The highest BCUT2D eigenvalue weighted by atomic mass is 16.5. The van der Waals surface area contributed by atoms with Gasteiger partial charge < -0.3 is 10.1 Å². The van der Waals surface area contributed by atoms with Crippen molar-refractivity contribution in [1.29, 1.82) is 0 Å². The van der Waals surface area contributed by atoms with E-state index in [9.17, 15) is 9.59 Å². The Labute approximate surface area is 119 Å². The van der Waals surface area contributed by atoms with Crippen LogP contribution in [0.2, 0.25) is 0 Å². The number of benzene rings is 1. The molecule has 2 rings (SSSR count). The van der Waals surface area contributed by atoms with Crippen LogP contribution in [-0.4, -0.2) is 24.3 Å². The van der Waals surface area contributed by atoms with E-state index >= 15 is 0 Å². The zero-order valence-electron chi connectivity index (χ0n) is 12.4. The predicted octanol–water partition coefficient (Wildman–Crippen LogP) is 2.34. The van der Waals surface area contributed by atoms with Crippen LogP contribution < -0.4 is 10.1 Å². The lowest BCUT2D eigenvalue weighted by Gasteiger charge is -2.24. The van der Waals surface area contributed by atoms with Gasteiger partial charge in [-0.15, -0.1) is 0 Å². The summed E-state index contributed by atoms with van der Waals surface area (Å²) >= 11 is 0. The first-order valence-electron chi connectivity index (χ1n) is 7.00. The van der Waals surface area contributed by atoms with E-state index in [1.807, 2.05) is 39.0 Å². The molecule has 1 aromatic rings. The first kappa shape index (κ1) is 14.6. The molecule has 20 heavy (non-hydrogen) atoms. The molecular weight excluding hydrogens is 254 g/mol. The molecule has 0 saturated carbocycles. The lowest BCUT2D eigenvalue weighted by molar-refractivity contribution is -0.125. The van der Waals surface area contributed by atoms with E-state index in [1.54, 1.807) is 7.11 Å². The van der Waals surface area contributed by atoms with Gasteiger partial charge in [0.05, 0.1) is 12.6 Å². The van der Waals surface area contributed by atoms with E-state index in [0.29, 0.717) is 24.2 Å². The van der Waals surface area contributed by atoms with Gasteiger partial charge in [0.1, 0.15) is 11.7 Å². The summed E-state index contributed by atoms with van der Waals surface area (Å²) in [6.07, 6.45) is 1.22. The first-order chi connectivity index (χ1) is 9.49. The number of hydrogen-bond acceptors (Lipinski definition) is 3. The highest BCUT2D eigenvalue weighted by Gasteiger charge is 2.51. The summed E-state index contributed by atoms with van der Waals surface area (Å²) in [5.74, 6) is -0.428. The third-order valence-corrected chi connectivity index (χ3v) is 4.27. The summed E-state index contributed by atoms with van der Waals surface area (Å²) in [5, 5.41) is 2.89. The van der Waals surface area contributed by atoms with E-state index < -0.39 is 11.5 Å². The molecule has 1 aliphatic rings. The highest BCUT2D eigenvalue weighted by Crippen LogP contribution is 2.37. The van der Waals surface area contributed by atoms with Gasteiger partial charge in [0.2, 0.25) is 5.91 Å². The molecule has 4 heteroatoms. The van der Waals surface area contributed by atoms with Gasteiger partial charge in [-0.2, -0.15) is 0 Å². The summed E-state index contributed by atoms with van der Waals surface area (Å²) in [6, 6.07) is 5.57. The fourth-order valence-electron chi connectivity index (χ4n) is 2.88. The van der Waals surface area contributed by atoms with Crippen molar-refractivity contribution >= 4 is 11.7 Å². The molecule has 0 radical (unpaired) electrons. The van der Waals surface area contributed by atoms with Gasteiger partial charge in [-0.25, -0.2) is 0 Å². The number of ketones is 1. The number of carbonyl (C=O) groups is 2. The third-order valence-electron chi connectivity index (χ3n) is 4.27. The number of Topliss-reactive ketones (excluding diaryl/α,β-unsaturated/α-hetero) is 1. The normalized spacial score (nSPS) is 20.9. The number of aryl methyl sites for hydroxylation is 1. The van der Waals surface area contributed by atoms with Crippen LogP contribution in [0.5, 0.6) is 5.75 Å². The van der Waals surface area contributed by atoms with Crippen molar-refractivity contribution in [3.8, 4) is 5.75 Å².